The third-order valence-corrected chi connectivity index (χ3v) is 7.85. The fraction of sp³-hybridized carbons (Fsp3) is 0.333. The molecule has 0 saturated heterocycles. The number of amides is 1. The van der Waals surface area contributed by atoms with Crippen molar-refractivity contribution in [3.8, 4) is 11.1 Å². The third kappa shape index (κ3) is 6.02. The first-order valence-corrected chi connectivity index (χ1v) is 12.8. The number of pyridine rings is 1. The summed E-state index contributed by atoms with van der Waals surface area (Å²) in [5, 5.41) is 2.56. The number of carbonyl (C=O) groups excluding carboxylic acids is 1. The summed E-state index contributed by atoms with van der Waals surface area (Å²) in [7, 11) is -3.27. The first kappa shape index (κ1) is 24.8. The molecular formula is C24H23F3N4O3S. The smallest absolute Gasteiger partial charge is 0.344 e. The zero-order chi connectivity index (χ0) is 25.2. The minimum absolute atomic E-state index is 0.196. The second kappa shape index (κ2) is 9.73. The van der Waals surface area contributed by atoms with Gasteiger partial charge in [-0.3, -0.25) is 9.78 Å². The largest absolute Gasteiger partial charge is 0.417 e. The van der Waals surface area contributed by atoms with E-state index >= 15 is 0 Å². The van der Waals surface area contributed by atoms with Crippen molar-refractivity contribution in [1.29, 1.82) is 0 Å². The zero-order valence-corrected chi connectivity index (χ0v) is 19.6. The second-order valence-electron chi connectivity index (χ2n) is 8.38. The number of sulfone groups is 1. The quantitative estimate of drug-likeness (QED) is 0.484. The van der Waals surface area contributed by atoms with Crippen LogP contribution in [0.25, 0.3) is 11.1 Å². The molecule has 1 aliphatic rings. The van der Waals surface area contributed by atoms with Crippen LogP contribution < -0.4 is 5.32 Å². The third-order valence-electron chi connectivity index (χ3n) is 5.71. The summed E-state index contributed by atoms with van der Waals surface area (Å²) in [6.07, 6.45) is 0.903. The number of benzene rings is 1. The van der Waals surface area contributed by atoms with Gasteiger partial charge < -0.3 is 5.32 Å². The van der Waals surface area contributed by atoms with Gasteiger partial charge in [-0.25, -0.2) is 18.4 Å². The van der Waals surface area contributed by atoms with Crippen LogP contribution in [0.4, 0.5) is 13.2 Å². The van der Waals surface area contributed by atoms with Crippen molar-refractivity contribution in [3.05, 3.63) is 77.6 Å². The predicted molar refractivity (Wildman–Crippen MR) is 123 cm³/mol. The van der Waals surface area contributed by atoms with Gasteiger partial charge in [0.1, 0.15) is 11.6 Å². The molecule has 0 spiro atoms. The van der Waals surface area contributed by atoms with Gasteiger partial charge in [-0.1, -0.05) is 19.1 Å². The van der Waals surface area contributed by atoms with Crippen LogP contribution in [0.1, 0.15) is 59.7 Å². The SMILES string of the molecule is CCC(NC(=O)c1ccc(-c2cncc(C(F)(F)F)c2)cc1)c1ccnc(CS(=O)(=O)C2CC2)n1. The average Bonchev–Trinajstić information content (AvgIpc) is 3.68. The summed E-state index contributed by atoms with van der Waals surface area (Å²) in [6.45, 7) is 1.86. The summed E-state index contributed by atoms with van der Waals surface area (Å²) in [4.78, 5) is 24.9. The molecule has 1 fully saturated rings. The van der Waals surface area contributed by atoms with Gasteiger partial charge in [-0.05, 0) is 49.1 Å². The highest BCUT2D eigenvalue weighted by Gasteiger charge is 2.36. The lowest BCUT2D eigenvalue weighted by Crippen LogP contribution is -2.29. The second-order valence-corrected chi connectivity index (χ2v) is 10.7. The lowest BCUT2D eigenvalue weighted by molar-refractivity contribution is -0.137. The minimum Gasteiger partial charge on any atom is -0.344 e. The molecule has 1 amide bonds. The fourth-order valence-electron chi connectivity index (χ4n) is 3.60. The van der Waals surface area contributed by atoms with Gasteiger partial charge in [-0.2, -0.15) is 13.2 Å². The van der Waals surface area contributed by atoms with E-state index in [0.717, 1.165) is 12.3 Å². The number of hydrogen-bond acceptors (Lipinski definition) is 6. The maximum atomic E-state index is 13.0. The van der Waals surface area contributed by atoms with E-state index < -0.39 is 33.5 Å². The Morgan fingerprint density at radius 1 is 1.11 bits per heavy atom. The van der Waals surface area contributed by atoms with E-state index in [-0.39, 0.29) is 22.4 Å². The summed E-state index contributed by atoms with van der Waals surface area (Å²) in [6, 6.07) is 8.31. The first-order valence-electron chi connectivity index (χ1n) is 11.0. The van der Waals surface area contributed by atoms with Crippen LogP contribution in [-0.2, 0) is 21.8 Å². The number of hydrogen-bond donors (Lipinski definition) is 1. The highest BCUT2D eigenvalue weighted by Crippen LogP contribution is 2.32. The molecule has 1 unspecified atom stereocenters. The van der Waals surface area contributed by atoms with Crippen molar-refractivity contribution in [3.63, 3.8) is 0 Å². The van der Waals surface area contributed by atoms with Crippen LogP contribution in [0.5, 0.6) is 0 Å². The Kier molecular flexibility index (Phi) is 6.88. The number of aromatic nitrogens is 3. The molecule has 1 saturated carbocycles. The monoisotopic (exact) mass is 504 g/mol. The molecule has 0 aliphatic heterocycles. The van der Waals surface area contributed by atoms with Crippen LogP contribution in [-0.4, -0.2) is 34.5 Å². The maximum absolute atomic E-state index is 13.0. The van der Waals surface area contributed by atoms with Crippen LogP contribution in [0.2, 0.25) is 0 Å². The highest BCUT2D eigenvalue weighted by molar-refractivity contribution is 7.91. The van der Waals surface area contributed by atoms with Gasteiger partial charge in [0, 0.05) is 29.7 Å². The van der Waals surface area contributed by atoms with E-state index in [1.807, 2.05) is 6.92 Å². The van der Waals surface area contributed by atoms with E-state index in [0.29, 0.717) is 36.1 Å². The lowest BCUT2D eigenvalue weighted by Gasteiger charge is -2.17. The lowest BCUT2D eigenvalue weighted by atomic mass is 10.0. The predicted octanol–water partition coefficient (Wildman–Crippen LogP) is 4.52. The molecule has 2 aromatic heterocycles. The van der Waals surface area contributed by atoms with E-state index in [2.05, 4.69) is 20.3 Å². The Labute approximate surface area is 200 Å². The van der Waals surface area contributed by atoms with E-state index in [9.17, 15) is 26.4 Å². The molecule has 1 N–H and O–H groups in total. The molecule has 35 heavy (non-hydrogen) atoms. The van der Waals surface area contributed by atoms with Crippen LogP contribution >= 0.6 is 0 Å². The fourth-order valence-corrected chi connectivity index (χ4v) is 5.19. The van der Waals surface area contributed by atoms with E-state index in [1.165, 1.54) is 24.5 Å². The Morgan fingerprint density at radius 3 is 2.46 bits per heavy atom. The molecule has 7 nitrogen and oxygen atoms in total. The van der Waals surface area contributed by atoms with Gasteiger partial charge in [-0.15, -0.1) is 0 Å². The number of carbonyl (C=O) groups is 1. The number of halogens is 3. The Morgan fingerprint density at radius 2 is 1.83 bits per heavy atom. The topological polar surface area (TPSA) is 102 Å². The van der Waals surface area contributed by atoms with Gasteiger partial charge in [0.25, 0.3) is 5.91 Å². The molecule has 0 radical (unpaired) electrons. The van der Waals surface area contributed by atoms with Crippen LogP contribution in [0.15, 0.2) is 55.0 Å². The molecule has 2 heterocycles. The molecule has 1 atom stereocenters. The van der Waals surface area contributed by atoms with Gasteiger partial charge in [0.15, 0.2) is 9.84 Å². The summed E-state index contributed by atoms with van der Waals surface area (Å²) in [5.74, 6) is -0.431. The van der Waals surface area contributed by atoms with Crippen LogP contribution in [0.3, 0.4) is 0 Å². The van der Waals surface area contributed by atoms with Crippen LogP contribution in [0, 0.1) is 0 Å². The highest BCUT2D eigenvalue weighted by atomic mass is 32.2. The number of rotatable bonds is 8. The standard InChI is InChI=1S/C24H23F3N4O3S/c1-2-20(21-9-10-29-22(30-21)14-35(33,34)19-7-8-19)31-23(32)16-5-3-15(4-6-16)17-11-18(13-28-12-17)24(25,26)27/h3-6,9-13,19-20H,2,7-8,14H2,1H3,(H,31,32). The molecule has 0 bridgehead atoms. The Hall–Kier alpha value is -3.34. The molecular weight excluding hydrogens is 481 g/mol. The van der Waals surface area contributed by atoms with Crippen molar-refractivity contribution in [2.45, 2.75) is 49.4 Å². The summed E-state index contributed by atoms with van der Waals surface area (Å²) >= 11 is 0. The van der Waals surface area contributed by atoms with Crippen molar-refractivity contribution in [2.75, 3.05) is 0 Å². The number of nitrogens with zero attached hydrogens (tertiary/aromatic N) is 3. The van der Waals surface area contributed by atoms with Gasteiger partial charge in [0.2, 0.25) is 0 Å². The minimum atomic E-state index is -4.50. The Bertz CT molecular complexity index is 1320. The molecule has 184 valence electrons. The normalized spacial score (nSPS) is 15.0. The van der Waals surface area contributed by atoms with Crippen molar-refractivity contribution >= 4 is 15.7 Å². The van der Waals surface area contributed by atoms with E-state index in [1.54, 1.807) is 18.2 Å². The molecule has 3 aromatic rings. The summed E-state index contributed by atoms with van der Waals surface area (Å²) < 4.78 is 63.4. The van der Waals surface area contributed by atoms with Gasteiger partial charge in [0.05, 0.1) is 22.5 Å². The molecule has 1 aliphatic carbocycles. The molecule has 11 heteroatoms. The number of alkyl halides is 3. The van der Waals surface area contributed by atoms with Crippen molar-refractivity contribution < 1.29 is 26.4 Å². The summed E-state index contributed by atoms with van der Waals surface area (Å²) in [5.41, 5.74) is 0.746. The molecule has 1 aromatic carbocycles. The van der Waals surface area contributed by atoms with Crippen molar-refractivity contribution in [2.24, 2.45) is 0 Å². The van der Waals surface area contributed by atoms with Gasteiger partial charge >= 0.3 is 6.18 Å². The zero-order valence-electron chi connectivity index (χ0n) is 18.8. The number of nitrogens with one attached hydrogen (secondary N) is 1. The molecule has 4 rings (SSSR count). The van der Waals surface area contributed by atoms with E-state index in [4.69, 9.17) is 0 Å². The Balaban J connectivity index is 1.47. The first-order chi connectivity index (χ1) is 16.6. The maximum Gasteiger partial charge on any atom is 0.417 e. The average molecular weight is 505 g/mol. The van der Waals surface area contributed by atoms with Crippen molar-refractivity contribution in [1.82, 2.24) is 20.3 Å².